The molecule has 0 spiro atoms. The molecule has 2 atom stereocenters. The molecule has 1 aliphatic heterocycles. The number of rotatable bonds is 14. The number of hydrogen-bond donors (Lipinski definition) is 3. The molecule has 0 aromatic heterocycles. The largest absolute Gasteiger partial charge is 0.494 e. The summed E-state index contributed by atoms with van der Waals surface area (Å²) in [5.74, 6) is -1.87. The molecular formula is C33H43NO9. The van der Waals surface area contributed by atoms with Crippen LogP contribution in [0.4, 0.5) is 0 Å². The highest BCUT2D eigenvalue weighted by atomic mass is 16.7. The Balaban J connectivity index is 1.21. The summed E-state index contributed by atoms with van der Waals surface area (Å²) >= 11 is 0. The first-order valence-electron chi connectivity index (χ1n) is 15.1. The third kappa shape index (κ3) is 9.96. The number of benzene rings is 2. The number of carbonyl (C=O) groups is 3. The number of ether oxygens (including phenoxy) is 4. The molecule has 0 radical (unpaired) electrons. The third-order valence-corrected chi connectivity index (χ3v) is 7.79. The second-order valence-electron chi connectivity index (χ2n) is 12.2. The van der Waals surface area contributed by atoms with Crippen molar-refractivity contribution in [2.75, 3.05) is 26.4 Å². The Morgan fingerprint density at radius 3 is 2.37 bits per heavy atom. The lowest BCUT2D eigenvalue weighted by molar-refractivity contribution is -0.224. The predicted molar refractivity (Wildman–Crippen MR) is 159 cm³/mol. The van der Waals surface area contributed by atoms with E-state index in [1.165, 1.54) is 18.2 Å². The van der Waals surface area contributed by atoms with Crippen molar-refractivity contribution in [1.29, 1.82) is 0 Å². The highest BCUT2D eigenvalue weighted by Crippen LogP contribution is 2.27. The molecule has 1 heterocycles. The minimum atomic E-state index is -1.15. The van der Waals surface area contributed by atoms with Crippen LogP contribution in [0.15, 0.2) is 42.5 Å². The molecule has 43 heavy (non-hydrogen) atoms. The molecule has 1 aliphatic carbocycles. The van der Waals surface area contributed by atoms with Gasteiger partial charge < -0.3 is 34.5 Å². The summed E-state index contributed by atoms with van der Waals surface area (Å²) in [7, 11) is 0. The van der Waals surface area contributed by atoms with E-state index in [0.29, 0.717) is 64.3 Å². The topological polar surface area (TPSA) is 141 Å². The van der Waals surface area contributed by atoms with Crippen LogP contribution in [0.2, 0.25) is 0 Å². The van der Waals surface area contributed by atoms with E-state index in [4.69, 9.17) is 18.9 Å². The monoisotopic (exact) mass is 597 g/mol. The zero-order valence-electron chi connectivity index (χ0n) is 25.0. The molecule has 2 unspecified atom stereocenters. The lowest BCUT2D eigenvalue weighted by Gasteiger charge is -2.34. The Morgan fingerprint density at radius 2 is 1.67 bits per heavy atom. The molecule has 2 fully saturated rings. The van der Waals surface area contributed by atoms with Gasteiger partial charge in [-0.25, -0.2) is 4.79 Å². The number of carboxylic acids is 2. The Labute approximate surface area is 252 Å². The standard InChI is InChI=1S/C33H43NO9/c1-33(2)20-42-29(43-21-33)9-5-16-40-26-13-10-22(11-14-26)6-4-17-41-28-15-12-24(32(38)39)19-27(28)30(35)34-25-8-3-7-23(18-25)31(36)37/h10-15,19,23,25,29H,3-9,16-18,20-21H2,1-2H3,(H,34,35)(H,36,37)(H,38,39). The SMILES string of the molecule is CC1(C)COC(CCCOc2ccc(CCCOc3ccc(C(=O)O)cc3C(=O)NC3CCCC(C(=O)O)C3)cc2)OC1. The molecule has 10 nitrogen and oxygen atoms in total. The van der Waals surface area contributed by atoms with Crippen molar-refractivity contribution in [2.45, 2.75) is 77.5 Å². The maximum absolute atomic E-state index is 13.1. The summed E-state index contributed by atoms with van der Waals surface area (Å²) in [6, 6.07) is 11.8. The number of aryl methyl sites for hydroxylation is 1. The van der Waals surface area contributed by atoms with E-state index in [-0.39, 0.29) is 28.9 Å². The van der Waals surface area contributed by atoms with Crippen molar-refractivity contribution in [2.24, 2.45) is 11.3 Å². The number of carbonyl (C=O) groups excluding carboxylic acids is 1. The van der Waals surface area contributed by atoms with Gasteiger partial charge in [-0.3, -0.25) is 9.59 Å². The summed E-state index contributed by atoms with van der Waals surface area (Å²) in [5, 5.41) is 21.7. The average Bonchev–Trinajstić information content (AvgIpc) is 2.99. The van der Waals surface area contributed by atoms with E-state index in [2.05, 4.69) is 19.2 Å². The maximum Gasteiger partial charge on any atom is 0.335 e. The number of aromatic carboxylic acids is 1. The van der Waals surface area contributed by atoms with Crippen LogP contribution in [0.3, 0.4) is 0 Å². The van der Waals surface area contributed by atoms with E-state index in [1.54, 1.807) is 0 Å². The normalized spacial score (nSPS) is 20.2. The van der Waals surface area contributed by atoms with Crippen molar-refractivity contribution in [3.05, 3.63) is 59.2 Å². The molecule has 1 amide bonds. The minimum Gasteiger partial charge on any atom is -0.494 e. The summed E-state index contributed by atoms with van der Waals surface area (Å²) < 4.78 is 23.3. The van der Waals surface area contributed by atoms with Gasteiger partial charge in [-0.15, -0.1) is 0 Å². The number of hydrogen-bond acceptors (Lipinski definition) is 7. The van der Waals surface area contributed by atoms with Gasteiger partial charge in [-0.2, -0.15) is 0 Å². The fraction of sp³-hybridized carbons (Fsp3) is 0.545. The third-order valence-electron chi connectivity index (χ3n) is 7.79. The van der Waals surface area contributed by atoms with Gasteiger partial charge in [0.25, 0.3) is 5.91 Å². The molecule has 234 valence electrons. The lowest BCUT2D eigenvalue weighted by atomic mass is 9.85. The molecule has 2 aromatic carbocycles. The molecule has 1 saturated carbocycles. The summed E-state index contributed by atoms with van der Waals surface area (Å²) in [4.78, 5) is 36.1. The zero-order valence-corrected chi connectivity index (χ0v) is 25.0. The number of amides is 1. The average molecular weight is 598 g/mol. The Kier molecular flexibility index (Phi) is 11.4. The molecule has 1 saturated heterocycles. The lowest BCUT2D eigenvalue weighted by Crippen LogP contribution is -2.40. The first-order valence-corrected chi connectivity index (χ1v) is 15.1. The van der Waals surface area contributed by atoms with Crippen LogP contribution < -0.4 is 14.8 Å². The molecule has 2 aromatic rings. The van der Waals surface area contributed by atoms with Gasteiger partial charge in [0.1, 0.15) is 11.5 Å². The van der Waals surface area contributed by atoms with E-state index in [1.807, 2.05) is 24.3 Å². The number of aliphatic carboxylic acids is 1. The van der Waals surface area contributed by atoms with E-state index < -0.39 is 23.8 Å². The van der Waals surface area contributed by atoms with Crippen molar-refractivity contribution in [3.63, 3.8) is 0 Å². The number of carboxylic acid groups (broad SMARTS) is 2. The van der Waals surface area contributed by atoms with Gasteiger partial charge in [0, 0.05) is 17.9 Å². The smallest absolute Gasteiger partial charge is 0.335 e. The second kappa shape index (κ2) is 15.2. The van der Waals surface area contributed by atoms with Gasteiger partial charge in [0.05, 0.1) is 43.5 Å². The van der Waals surface area contributed by atoms with Crippen LogP contribution in [-0.4, -0.2) is 66.8 Å². The molecule has 2 aliphatic rings. The van der Waals surface area contributed by atoms with Crippen molar-refractivity contribution >= 4 is 17.8 Å². The summed E-state index contributed by atoms with van der Waals surface area (Å²) in [6.07, 6.45) is 5.22. The van der Waals surface area contributed by atoms with E-state index in [9.17, 15) is 24.6 Å². The fourth-order valence-corrected chi connectivity index (χ4v) is 5.32. The first-order chi connectivity index (χ1) is 20.6. The zero-order chi connectivity index (χ0) is 30.8. The highest BCUT2D eigenvalue weighted by molar-refractivity contribution is 6.00. The van der Waals surface area contributed by atoms with Crippen LogP contribution in [0.5, 0.6) is 11.5 Å². The summed E-state index contributed by atoms with van der Waals surface area (Å²) in [5.41, 5.74) is 1.29. The van der Waals surface area contributed by atoms with Crippen LogP contribution in [0, 0.1) is 11.3 Å². The van der Waals surface area contributed by atoms with Crippen molar-refractivity contribution < 1.29 is 43.5 Å². The molecular weight excluding hydrogens is 554 g/mol. The van der Waals surface area contributed by atoms with Gasteiger partial charge in [-0.1, -0.05) is 32.4 Å². The van der Waals surface area contributed by atoms with Gasteiger partial charge >= 0.3 is 11.9 Å². The highest BCUT2D eigenvalue weighted by Gasteiger charge is 2.29. The van der Waals surface area contributed by atoms with Gasteiger partial charge in [-0.05, 0) is 74.4 Å². The van der Waals surface area contributed by atoms with Crippen LogP contribution in [-0.2, 0) is 20.7 Å². The van der Waals surface area contributed by atoms with Gasteiger partial charge in [0.15, 0.2) is 6.29 Å². The molecule has 4 rings (SSSR count). The van der Waals surface area contributed by atoms with Gasteiger partial charge in [0.2, 0.25) is 0 Å². The Hall–Kier alpha value is -3.63. The van der Waals surface area contributed by atoms with Crippen molar-refractivity contribution in [1.82, 2.24) is 5.32 Å². The Bertz CT molecular complexity index is 1230. The quantitative estimate of drug-likeness (QED) is 0.247. The van der Waals surface area contributed by atoms with Crippen LogP contribution in [0.1, 0.15) is 85.1 Å². The van der Waals surface area contributed by atoms with E-state index in [0.717, 1.165) is 30.6 Å². The van der Waals surface area contributed by atoms with Crippen LogP contribution in [0.25, 0.3) is 0 Å². The molecule has 10 heteroatoms. The minimum absolute atomic E-state index is 0.0217. The molecule has 3 N–H and O–H groups in total. The summed E-state index contributed by atoms with van der Waals surface area (Å²) in [6.45, 7) is 6.57. The van der Waals surface area contributed by atoms with E-state index >= 15 is 0 Å². The number of nitrogens with one attached hydrogen (secondary N) is 1. The fourth-order valence-electron chi connectivity index (χ4n) is 5.32. The second-order valence-corrected chi connectivity index (χ2v) is 12.2. The maximum atomic E-state index is 13.1. The Morgan fingerprint density at radius 1 is 0.953 bits per heavy atom. The van der Waals surface area contributed by atoms with Crippen molar-refractivity contribution in [3.8, 4) is 11.5 Å². The molecule has 0 bridgehead atoms. The first kappa shape index (κ1) is 32.3. The predicted octanol–water partition coefficient (Wildman–Crippen LogP) is 5.33. The van der Waals surface area contributed by atoms with Crippen LogP contribution >= 0.6 is 0 Å².